The predicted octanol–water partition coefficient (Wildman–Crippen LogP) is 3.19. The molecule has 30 heavy (non-hydrogen) atoms. The van der Waals surface area contributed by atoms with E-state index >= 15 is 0 Å². The lowest BCUT2D eigenvalue weighted by molar-refractivity contribution is 0.297. The van der Waals surface area contributed by atoms with Crippen molar-refractivity contribution in [3.8, 4) is 11.5 Å². The van der Waals surface area contributed by atoms with Gasteiger partial charge in [0.05, 0.1) is 30.3 Å². The number of hydrogen-bond donors (Lipinski definition) is 1. The molecule has 1 N–H and O–H groups in total. The number of nitrogens with zero attached hydrogens (tertiary/aromatic N) is 2. The number of hydrogen-bond acceptors (Lipinski definition) is 5. The fourth-order valence-corrected chi connectivity index (χ4v) is 4.47. The zero-order chi connectivity index (χ0) is 21.1. The van der Waals surface area contributed by atoms with Crippen molar-refractivity contribution < 1.29 is 17.9 Å². The molecule has 0 bridgehead atoms. The number of ether oxygens (including phenoxy) is 2. The van der Waals surface area contributed by atoms with E-state index in [2.05, 4.69) is 9.82 Å². The van der Waals surface area contributed by atoms with Gasteiger partial charge in [-0.2, -0.15) is 5.10 Å². The van der Waals surface area contributed by atoms with Crippen LogP contribution < -0.4 is 14.2 Å². The number of rotatable bonds is 6. The smallest absolute Gasteiger partial charge is 0.241 e. The van der Waals surface area contributed by atoms with Crippen LogP contribution in [0.5, 0.6) is 11.5 Å². The van der Waals surface area contributed by atoms with E-state index in [-0.39, 0.29) is 11.4 Å². The molecule has 1 aromatic heterocycles. The Bertz CT molecular complexity index is 1140. The molecule has 3 aromatic rings. The van der Waals surface area contributed by atoms with Gasteiger partial charge in [0.2, 0.25) is 10.0 Å². The lowest BCUT2D eigenvalue weighted by Gasteiger charge is -2.11. The maximum atomic E-state index is 12.9. The first-order valence-corrected chi connectivity index (χ1v) is 11.4. The SMILES string of the molecule is Cc1nn(Cc2ccccc2)c(C)c1CNS(=O)(=O)c1ccc2c(c1)OCCCO2. The first-order chi connectivity index (χ1) is 14.4. The Morgan fingerprint density at radius 2 is 1.77 bits per heavy atom. The quantitative estimate of drug-likeness (QED) is 0.653. The topological polar surface area (TPSA) is 82.5 Å². The van der Waals surface area contributed by atoms with E-state index in [1.54, 1.807) is 6.07 Å². The minimum absolute atomic E-state index is 0.152. The van der Waals surface area contributed by atoms with Gasteiger partial charge < -0.3 is 9.47 Å². The summed E-state index contributed by atoms with van der Waals surface area (Å²) in [5, 5.41) is 4.59. The average molecular weight is 428 g/mol. The van der Waals surface area contributed by atoms with E-state index in [0.717, 1.165) is 28.9 Å². The second-order valence-corrected chi connectivity index (χ2v) is 9.04. The van der Waals surface area contributed by atoms with Gasteiger partial charge in [0.25, 0.3) is 0 Å². The molecule has 1 aliphatic rings. The van der Waals surface area contributed by atoms with Crippen LogP contribution in [-0.2, 0) is 23.1 Å². The maximum Gasteiger partial charge on any atom is 0.241 e. The van der Waals surface area contributed by atoms with Gasteiger partial charge in [0.15, 0.2) is 11.5 Å². The predicted molar refractivity (Wildman–Crippen MR) is 113 cm³/mol. The fraction of sp³-hybridized carbons (Fsp3) is 0.318. The van der Waals surface area contributed by atoms with E-state index in [1.165, 1.54) is 12.1 Å². The van der Waals surface area contributed by atoms with Gasteiger partial charge in [-0.15, -0.1) is 0 Å². The molecule has 0 fully saturated rings. The number of nitrogens with one attached hydrogen (secondary N) is 1. The van der Waals surface area contributed by atoms with Crippen molar-refractivity contribution in [3.63, 3.8) is 0 Å². The largest absolute Gasteiger partial charge is 0.490 e. The average Bonchev–Trinajstić information content (AvgIpc) is 2.89. The third-order valence-corrected chi connectivity index (χ3v) is 6.57. The number of sulfonamides is 1. The number of benzene rings is 2. The van der Waals surface area contributed by atoms with Crippen LogP contribution in [0.2, 0.25) is 0 Å². The van der Waals surface area contributed by atoms with Crippen molar-refractivity contribution in [1.82, 2.24) is 14.5 Å². The molecule has 8 heteroatoms. The Kier molecular flexibility index (Phi) is 5.78. The van der Waals surface area contributed by atoms with Crippen molar-refractivity contribution in [2.45, 2.75) is 38.3 Å². The highest BCUT2D eigenvalue weighted by atomic mass is 32.2. The molecule has 0 atom stereocenters. The molecule has 0 amide bonds. The molecular weight excluding hydrogens is 402 g/mol. The molecular formula is C22H25N3O4S. The Morgan fingerprint density at radius 1 is 1.03 bits per heavy atom. The monoisotopic (exact) mass is 427 g/mol. The first-order valence-electron chi connectivity index (χ1n) is 9.90. The van der Waals surface area contributed by atoms with Gasteiger partial charge in [-0.3, -0.25) is 4.68 Å². The minimum Gasteiger partial charge on any atom is -0.490 e. The van der Waals surface area contributed by atoms with E-state index in [9.17, 15) is 8.42 Å². The number of aryl methyl sites for hydroxylation is 1. The zero-order valence-electron chi connectivity index (χ0n) is 17.1. The van der Waals surface area contributed by atoms with Crippen molar-refractivity contribution >= 4 is 10.0 Å². The highest BCUT2D eigenvalue weighted by Gasteiger charge is 2.20. The third kappa shape index (κ3) is 4.34. The Hall–Kier alpha value is -2.84. The van der Waals surface area contributed by atoms with Gasteiger partial charge in [0.1, 0.15) is 0 Å². The van der Waals surface area contributed by atoms with Gasteiger partial charge in [-0.1, -0.05) is 30.3 Å². The Morgan fingerprint density at radius 3 is 2.53 bits per heavy atom. The summed E-state index contributed by atoms with van der Waals surface area (Å²) in [5.74, 6) is 1.03. The van der Waals surface area contributed by atoms with E-state index < -0.39 is 10.0 Å². The summed E-state index contributed by atoms with van der Waals surface area (Å²) in [6, 6.07) is 14.7. The molecule has 0 saturated heterocycles. The summed E-state index contributed by atoms with van der Waals surface area (Å²) < 4.78 is 41.5. The molecule has 0 saturated carbocycles. The number of fused-ring (bicyclic) bond motifs is 1. The van der Waals surface area contributed by atoms with Crippen LogP contribution >= 0.6 is 0 Å². The molecule has 2 aromatic carbocycles. The van der Waals surface area contributed by atoms with Crippen molar-refractivity contribution in [1.29, 1.82) is 0 Å². The summed E-state index contributed by atoms with van der Waals surface area (Å²) in [7, 11) is -3.71. The summed E-state index contributed by atoms with van der Waals surface area (Å²) in [4.78, 5) is 0.152. The highest BCUT2D eigenvalue weighted by molar-refractivity contribution is 7.89. The van der Waals surface area contributed by atoms with Gasteiger partial charge >= 0.3 is 0 Å². The molecule has 0 radical (unpaired) electrons. The van der Waals surface area contributed by atoms with Gasteiger partial charge in [-0.05, 0) is 31.5 Å². The maximum absolute atomic E-state index is 12.9. The second-order valence-electron chi connectivity index (χ2n) is 7.28. The van der Waals surface area contributed by atoms with Crippen LogP contribution in [0.3, 0.4) is 0 Å². The minimum atomic E-state index is -3.71. The van der Waals surface area contributed by atoms with Crippen molar-refractivity contribution in [2.75, 3.05) is 13.2 Å². The lowest BCUT2D eigenvalue weighted by Crippen LogP contribution is -2.24. The normalized spacial score (nSPS) is 13.8. The van der Waals surface area contributed by atoms with Gasteiger partial charge in [0, 0.05) is 30.3 Å². The molecule has 1 aliphatic heterocycles. The van der Waals surface area contributed by atoms with E-state index in [1.807, 2.05) is 48.9 Å². The van der Waals surface area contributed by atoms with Crippen LogP contribution in [-0.4, -0.2) is 31.4 Å². The van der Waals surface area contributed by atoms with E-state index in [0.29, 0.717) is 31.3 Å². The zero-order valence-corrected chi connectivity index (χ0v) is 17.9. The molecule has 0 unspecified atom stereocenters. The van der Waals surface area contributed by atoms with Crippen LogP contribution in [0.1, 0.15) is 28.9 Å². The lowest BCUT2D eigenvalue weighted by atomic mass is 10.2. The summed E-state index contributed by atoms with van der Waals surface area (Å²) in [6.07, 6.45) is 0.764. The van der Waals surface area contributed by atoms with Crippen molar-refractivity contribution in [2.24, 2.45) is 0 Å². The second kappa shape index (κ2) is 8.49. The van der Waals surface area contributed by atoms with E-state index in [4.69, 9.17) is 9.47 Å². The van der Waals surface area contributed by atoms with Gasteiger partial charge in [-0.25, -0.2) is 13.1 Å². The molecule has 0 spiro atoms. The highest BCUT2D eigenvalue weighted by Crippen LogP contribution is 2.32. The third-order valence-electron chi connectivity index (χ3n) is 5.17. The number of aromatic nitrogens is 2. The fourth-order valence-electron chi connectivity index (χ4n) is 3.46. The molecule has 0 aliphatic carbocycles. The first kappa shape index (κ1) is 20.4. The molecule has 7 nitrogen and oxygen atoms in total. The molecule has 4 rings (SSSR count). The van der Waals surface area contributed by atoms with Crippen LogP contribution in [0.4, 0.5) is 0 Å². The van der Waals surface area contributed by atoms with Crippen LogP contribution in [0.25, 0.3) is 0 Å². The Balaban J connectivity index is 1.51. The molecule has 158 valence electrons. The standard InChI is InChI=1S/C22H25N3O4S/c1-16-20(17(2)25(24-16)15-18-7-4-3-5-8-18)14-23-30(26,27)19-9-10-21-22(13-19)29-12-6-11-28-21/h3-5,7-10,13,23H,6,11-12,14-15H2,1-2H3. The summed E-state index contributed by atoms with van der Waals surface area (Å²) in [5.41, 5.74) is 3.77. The van der Waals surface area contributed by atoms with Crippen LogP contribution in [0.15, 0.2) is 53.4 Å². The summed E-state index contributed by atoms with van der Waals surface area (Å²) in [6.45, 7) is 5.73. The summed E-state index contributed by atoms with van der Waals surface area (Å²) >= 11 is 0. The Labute approximate surface area is 176 Å². The van der Waals surface area contributed by atoms with Crippen molar-refractivity contribution in [3.05, 3.63) is 71.0 Å². The van der Waals surface area contributed by atoms with Crippen LogP contribution in [0, 0.1) is 13.8 Å². The molecule has 2 heterocycles.